The van der Waals surface area contributed by atoms with Crippen LogP contribution in [0, 0.1) is 5.92 Å². The van der Waals surface area contributed by atoms with Gasteiger partial charge in [0.15, 0.2) is 0 Å². The van der Waals surface area contributed by atoms with Gasteiger partial charge in [0.05, 0.1) is 5.54 Å². The van der Waals surface area contributed by atoms with E-state index in [1.54, 1.807) is 0 Å². The molecule has 1 aliphatic heterocycles. The molecule has 1 heterocycles. The van der Waals surface area contributed by atoms with Gasteiger partial charge in [-0.15, -0.1) is 0 Å². The van der Waals surface area contributed by atoms with Crippen molar-refractivity contribution in [1.29, 1.82) is 0 Å². The first kappa shape index (κ1) is 11.6. The Balaban J connectivity index is 2.42. The molecule has 3 atom stereocenters. The van der Waals surface area contributed by atoms with Crippen LogP contribution in [0.15, 0.2) is 30.3 Å². The van der Waals surface area contributed by atoms with Crippen LogP contribution in [0.1, 0.15) is 32.8 Å². The number of nitrogens with one attached hydrogen (secondary N) is 1. The lowest BCUT2D eigenvalue weighted by Crippen LogP contribution is -2.43. The van der Waals surface area contributed by atoms with Gasteiger partial charge in [-0.25, -0.2) is 5.01 Å². The third-order valence-corrected chi connectivity index (χ3v) is 4.22. The molecule has 0 bridgehead atoms. The Kier molecular flexibility index (Phi) is 3.04. The van der Waals surface area contributed by atoms with Crippen LogP contribution in [0.5, 0.6) is 0 Å². The average molecular weight is 218 g/mol. The zero-order valence-electron chi connectivity index (χ0n) is 10.7. The maximum atomic E-state index is 3.54. The fourth-order valence-electron chi connectivity index (χ4n) is 3.20. The van der Waals surface area contributed by atoms with Crippen molar-refractivity contribution in [2.75, 3.05) is 7.05 Å². The predicted octanol–water partition coefficient (Wildman–Crippen LogP) is 2.77. The van der Waals surface area contributed by atoms with Gasteiger partial charge in [0.25, 0.3) is 0 Å². The van der Waals surface area contributed by atoms with Gasteiger partial charge in [-0.05, 0) is 31.7 Å². The molecule has 1 saturated heterocycles. The molecule has 16 heavy (non-hydrogen) atoms. The highest BCUT2D eigenvalue weighted by Gasteiger charge is 2.47. The number of benzene rings is 1. The number of hydrogen-bond acceptors (Lipinski definition) is 2. The number of nitrogens with zero attached hydrogens (tertiary/aromatic N) is 1. The van der Waals surface area contributed by atoms with E-state index in [9.17, 15) is 0 Å². The molecule has 0 spiro atoms. The van der Waals surface area contributed by atoms with Crippen molar-refractivity contribution in [3.8, 4) is 0 Å². The van der Waals surface area contributed by atoms with Crippen LogP contribution in [0.3, 0.4) is 0 Å². The highest BCUT2D eigenvalue weighted by atomic mass is 15.6. The molecule has 88 valence electrons. The second-order valence-corrected chi connectivity index (χ2v) is 5.01. The summed E-state index contributed by atoms with van der Waals surface area (Å²) in [5.74, 6) is 0.653. The summed E-state index contributed by atoms with van der Waals surface area (Å²) < 4.78 is 0. The van der Waals surface area contributed by atoms with E-state index in [4.69, 9.17) is 0 Å². The highest BCUT2D eigenvalue weighted by molar-refractivity contribution is 5.26. The van der Waals surface area contributed by atoms with E-state index < -0.39 is 0 Å². The number of rotatable bonds is 2. The molecule has 1 N–H and O–H groups in total. The van der Waals surface area contributed by atoms with E-state index in [0.717, 1.165) is 0 Å². The molecule has 3 unspecified atom stereocenters. The molecular formula is C14H22N2. The van der Waals surface area contributed by atoms with Crippen LogP contribution in [-0.4, -0.2) is 18.1 Å². The average Bonchev–Trinajstić information content (AvgIpc) is 2.52. The highest BCUT2D eigenvalue weighted by Crippen LogP contribution is 2.42. The van der Waals surface area contributed by atoms with Crippen LogP contribution in [0.25, 0.3) is 0 Å². The molecule has 2 heteroatoms. The predicted molar refractivity (Wildman–Crippen MR) is 67.9 cm³/mol. The van der Waals surface area contributed by atoms with Crippen molar-refractivity contribution >= 4 is 0 Å². The maximum Gasteiger partial charge on any atom is 0.0614 e. The van der Waals surface area contributed by atoms with Gasteiger partial charge in [0.2, 0.25) is 0 Å². The summed E-state index contributed by atoms with van der Waals surface area (Å²) >= 11 is 0. The Morgan fingerprint density at radius 3 is 2.50 bits per heavy atom. The van der Waals surface area contributed by atoms with E-state index in [-0.39, 0.29) is 5.54 Å². The molecule has 0 amide bonds. The second kappa shape index (κ2) is 4.19. The molecule has 2 rings (SSSR count). The Labute approximate surface area is 98.6 Å². The summed E-state index contributed by atoms with van der Waals surface area (Å²) in [5, 5.41) is 2.28. The fourth-order valence-corrected chi connectivity index (χ4v) is 3.20. The molecule has 2 nitrogen and oxygen atoms in total. The topological polar surface area (TPSA) is 15.3 Å². The first-order valence-corrected chi connectivity index (χ1v) is 6.16. The third kappa shape index (κ3) is 1.57. The van der Waals surface area contributed by atoms with Crippen LogP contribution < -0.4 is 5.43 Å². The fraction of sp³-hybridized carbons (Fsp3) is 0.571. The van der Waals surface area contributed by atoms with Gasteiger partial charge >= 0.3 is 0 Å². The van der Waals surface area contributed by atoms with Gasteiger partial charge in [-0.3, -0.25) is 5.43 Å². The molecule has 0 aliphatic carbocycles. The van der Waals surface area contributed by atoms with E-state index in [1.807, 2.05) is 0 Å². The standard InChI is InChI=1S/C14H22N2/c1-5-13-11(2)15-16(4)14(13,3)12-9-7-6-8-10-12/h6-11,13,15H,5H2,1-4H3. The van der Waals surface area contributed by atoms with Gasteiger partial charge < -0.3 is 0 Å². The van der Waals surface area contributed by atoms with Crippen molar-refractivity contribution in [2.45, 2.75) is 38.8 Å². The minimum Gasteiger partial charge on any atom is -0.251 e. The SMILES string of the molecule is CCC1C(C)NN(C)C1(C)c1ccccc1. The maximum absolute atomic E-state index is 3.54. The quantitative estimate of drug-likeness (QED) is 0.821. The summed E-state index contributed by atoms with van der Waals surface area (Å²) in [5.41, 5.74) is 5.05. The molecule has 1 fully saturated rings. The second-order valence-electron chi connectivity index (χ2n) is 5.01. The van der Waals surface area contributed by atoms with Crippen molar-refractivity contribution in [3.63, 3.8) is 0 Å². The largest absolute Gasteiger partial charge is 0.251 e. The van der Waals surface area contributed by atoms with E-state index in [0.29, 0.717) is 12.0 Å². The molecule has 0 aromatic heterocycles. The van der Waals surface area contributed by atoms with Crippen LogP contribution in [-0.2, 0) is 5.54 Å². The monoisotopic (exact) mass is 218 g/mol. The lowest BCUT2D eigenvalue weighted by molar-refractivity contribution is 0.112. The van der Waals surface area contributed by atoms with Gasteiger partial charge in [0.1, 0.15) is 0 Å². The van der Waals surface area contributed by atoms with Crippen LogP contribution in [0.4, 0.5) is 0 Å². The summed E-state index contributed by atoms with van der Waals surface area (Å²) in [6.45, 7) is 6.90. The Bertz CT molecular complexity index is 349. The van der Waals surface area contributed by atoms with Gasteiger partial charge in [-0.2, -0.15) is 0 Å². The summed E-state index contributed by atoms with van der Waals surface area (Å²) in [7, 11) is 2.15. The molecule has 0 saturated carbocycles. The molecular weight excluding hydrogens is 196 g/mol. The first-order valence-electron chi connectivity index (χ1n) is 6.16. The van der Waals surface area contributed by atoms with Gasteiger partial charge in [0, 0.05) is 13.1 Å². The number of hydrogen-bond donors (Lipinski definition) is 1. The zero-order valence-corrected chi connectivity index (χ0v) is 10.7. The van der Waals surface area contributed by atoms with E-state index in [2.05, 4.69) is 68.6 Å². The molecule has 1 aromatic carbocycles. The van der Waals surface area contributed by atoms with Gasteiger partial charge in [-0.1, -0.05) is 37.3 Å². The minimum atomic E-state index is 0.107. The lowest BCUT2D eigenvalue weighted by atomic mass is 9.76. The lowest BCUT2D eigenvalue weighted by Gasteiger charge is -2.36. The smallest absolute Gasteiger partial charge is 0.0614 e. The Morgan fingerprint density at radius 2 is 1.94 bits per heavy atom. The van der Waals surface area contributed by atoms with Crippen molar-refractivity contribution in [1.82, 2.24) is 10.4 Å². The summed E-state index contributed by atoms with van der Waals surface area (Å²) in [6.07, 6.45) is 1.20. The third-order valence-electron chi connectivity index (χ3n) is 4.22. The van der Waals surface area contributed by atoms with Crippen LogP contribution in [0.2, 0.25) is 0 Å². The minimum absolute atomic E-state index is 0.107. The molecule has 1 aliphatic rings. The molecule has 0 radical (unpaired) electrons. The van der Waals surface area contributed by atoms with E-state index >= 15 is 0 Å². The van der Waals surface area contributed by atoms with Crippen LogP contribution >= 0.6 is 0 Å². The number of hydrazine groups is 1. The normalized spacial score (nSPS) is 35.5. The van der Waals surface area contributed by atoms with Crippen molar-refractivity contribution in [2.24, 2.45) is 5.92 Å². The first-order chi connectivity index (χ1) is 7.60. The summed E-state index contributed by atoms with van der Waals surface area (Å²) in [4.78, 5) is 0. The van der Waals surface area contributed by atoms with Crippen molar-refractivity contribution in [3.05, 3.63) is 35.9 Å². The zero-order chi connectivity index (χ0) is 11.8. The summed E-state index contributed by atoms with van der Waals surface area (Å²) in [6, 6.07) is 11.4. The Hall–Kier alpha value is -0.860. The van der Waals surface area contributed by atoms with Crippen molar-refractivity contribution < 1.29 is 0 Å². The molecule has 1 aromatic rings. The van der Waals surface area contributed by atoms with E-state index in [1.165, 1.54) is 12.0 Å². The Morgan fingerprint density at radius 1 is 1.31 bits per heavy atom.